The minimum absolute atomic E-state index is 0.190. The third kappa shape index (κ3) is 1.99. The van der Waals surface area contributed by atoms with Crippen molar-refractivity contribution < 1.29 is 13.7 Å². The van der Waals surface area contributed by atoms with E-state index in [9.17, 15) is 18.9 Å². The molecule has 0 bridgehead atoms. The van der Waals surface area contributed by atoms with E-state index < -0.39 is 23.1 Å². The molecule has 0 saturated heterocycles. The van der Waals surface area contributed by atoms with E-state index >= 15 is 0 Å². The maximum atomic E-state index is 12.9. The average molecular weight is 187 g/mol. The lowest BCUT2D eigenvalue weighted by Crippen LogP contribution is -2.05. The van der Waals surface area contributed by atoms with Crippen molar-refractivity contribution in [3.05, 3.63) is 45.0 Å². The summed E-state index contributed by atoms with van der Waals surface area (Å²) in [4.78, 5) is 9.41. The maximum absolute atomic E-state index is 12.9. The van der Waals surface area contributed by atoms with E-state index in [1.807, 2.05) is 0 Å². The summed E-state index contributed by atoms with van der Waals surface area (Å²) in [5, 5.41) is 10.1. The zero-order valence-electron chi connectivity index (χ0n) is 6.88. The zero-order chi connectivity index (χ0) is 10.0. The Labute approximate surface area is 73.1 Å². The topological polar surface area (TPSA) is 43.1 Å². The van der Waals surface area contributed by atoms with Gasteiger partial charge in [0.2, 0.25) is 6.54 Å². The highest BCUT2D eigenvalue weighted by Crippen LogP contribution is 2.16. The van der Waals surface area contributed by atoms with E-state index in [2.05, 4.69) is 0 Å². The summed E-state index contributed by atoms with van der Waals surface area (Å²) < 4.78 is 25.6. The van der Waals surface area contributed by atoms with Crippen LogP contribution in [0.3, 0.4) is 0 Å². The van der Waals surface area contributed by atoms with Crippen LogP contribution in [0.4, 0.5) is 8.78 Å². The van der Waals surface area contributed by atoms with Gasteiger partial charge in [0.25, 0.3) is 0 Å². The summed E-state index contributed by atoms with van der Waals surface area (Å²) in [5.74, 6) is -2.18. The Morgan fingerprint density at radius 1 is 1.46 bits per heavy atom. The molecule has 0 saturated carbocycles. The predicted octanol–water partition coefficient (Wildman–Crippen LogP) is 2.05. The summed E-state index contributed by atoms with van der Waals surface area (Å²) in [7, 11) is 0. The van der Waals surface area contributed by atoms with E-state index in [1.54, 1.807) is 0 Å². The first-order chi connectivity index (χ1) is 6.02. The molecule has 1 aromatic rings. The van der Waals surface area contributed by atoms with Crippen molar-refractivity contribution in [3.63, 3.8) is 0 Å². The Morgan fingerprint density at radius 3 is 2.62 bits per heavy atom. The molecule has 0 aliphatic heterocycles. The van der Waals surface area contributed by atoms with Gasteiger partial charge in [0, 0.05) is 4.92 Å². The molecule has 0 atom stereocenters. The summed E-state index contributed by atoms with van der Waals surface area (Å²) in [6, 6.07) is 2.27. The Balaban J connectivity index is 3.17. The van der Waals surface area contributed by atoms with Gasteiger partial charge in [-0.15, -0.1) is 0 Å². The lowest BCUT2D eigenvalue weighted by molar-refractivity contribution is -0.497. The monoisotopic (exact) mass is 187 g/mol. The molecule has 0 heterocycles. The molecule has 0 aliphatic rings. The van der Waals surface area contributed by atoms with Crippen LogP contribution in [-0.4, -0.2) is 4.92 Å². The van der Waals surface area contributed by atoms with Gasteiger partial charge in [-0.25, -0.2) is 8.78 Å². The van der Waals surface area contributed by atoms with E-state index in [-0.39, 0.29) is 5.56 Å². The normalized spacial score (nSPS) is 10.1. The smallest absolute Gasteiger partial charge is 0.232 e. The second-order valence-corrected chi connectivity index (χ2v) is 2.65. The van der Waals surface area contributed by atoms with Crippen molar-refractivity contribution in [3.8, 4) is 0 Å². The number of nitrogens with zero attached hydrogens (tertiary/aromatic N) is 1. The highest BCUT2D eigenvalue weighted by molar-refractivity contribution is 5.27. The number of halogens is 2. The molecule has 70 valence electrons. The van der Waals surface area contributed by atoms with Crippen LogP contribution < -0.4 is 0 Å². The van der Waals surface area contributed by atoms with Crippen LogP contribution in [0.5, 0.6) is 0 Å². The largest absolute Gasteiger partial charge is 0.264 e. The van der Waals surface area contributed by atoms with Gasteiger partial charge in [-0.05, 0) is 18.6 Å². The van der Waals surface area contributed by atoms with Crippen LogP contribution >= 0.6 is 0 Å². The Kier molecular flexibility index (Phi) is 2.55. The Morgan fingerprint density at radius 2 is 2.08 bits per heavy atom. The van der Waals surface area contributed by atoms with Gasteiger partial charge in [-0.3, -0.25) is 10.1 Å². The van der Waals surface area contributed by atoms with E-state index in [0.29, 0.717) is 5.56 Å². The predicted molar refractivity (Wildman–Crippen MR) is 41.8 cm³/mol. The summed E-state index contributed by atoms with van der Waals surface area (Å²) >= 11 is 0. The average Bonchev–Trinajstić information content (AvgIpc) is 2.05. The zero-order valence-corrected chi connectivity index (χ0v) is 6.88. The van der Waals surface area contributed by atoms with Gasteiger partial charge < -0.3 is 0 Å². The van der Waals surface area contributed by atoms with Crippen molar-refractivity contribution in [1.82, 2.24) is 0 Å². The van der Waals surface area contributed by atoms with Crippen molar-refractivity contribution in [1.29, 1.82) is 0 Å². The van der Waals surface area contributed by atoms with Crippen molar-refractivity contribution in [2.24, 2.45) is 0 Å². The van der Waals surface area contributed by atoms with Crippen LogP contribution in [0.1, 0.15) is 11.1 Å². The van der Waals surface area contributed by atoms with E-state index in [0.717, 1.165) is 6.07 Å². The van der Waals surface area contributed by atoms with E-state index in [1.165, 1.54) is 13.0 Å². The number of benzene rings is 1. The lowest BCUT2D eigenvalue weighted by atomic mass is 10.1. The Bertz CT molecular complexity index is 352. The number of nitro groups is 1. The number of aryl methyl sites for hydroxylation is 1. The van der Waals surface area contributed by atoms with Crippen LogP contribution in [0.25, 0.3) is 0 Å². The molecule has 0 radical (unpaired) electrons. The fourth-order valence-corrected chi connectivity index (χ4v) is 1.01. The third-order valence-corrected chi connectivity index (χ3v) is 1.72. The number of hydrogen-bond acceptors (Lipinski definition) is 2. The first kappa shape index (κ1) is 9.57. The highest BCUT2D eigenvalue weighted by Gasteiger charge is 2.15. The summed E-state index contributed by atoms with van der Waals surface area (Å²) in [6.07, 6.45) is 0. The molecule has 3 nitrogen and oxygen atoms in total. The second-order valence-electron chi connectivity index (χ2n) is 2.65. The molecule has 13 heavy (non-hydrogen) atoms. The van der Waals surface area contributed by atoms with Crippen molar-refractivity contribution in [2.45, 2.75) is 13.5 Å². The van der Waals surface area contributed by atoms with Crippen LogP contribution in [0, 0.1) is 28.7 Å². The van der Waals surface area contributed by atoms with Gasteiger partial charge in [0.15, 0.2) is 11.6 Å². The van der Waals surface area contributed by atoms with Gasteiger partial charge >= 0.3 is 0 Å². The molecule has 1 rings (SSSR count). The summed E-state index contributed by atoms with van der Waals surface area (Å²) in [5.41, 5.74) is 0.195. The second kappa shape index (κ2) is 3.47. The van der Waals surface area contributed by atoms with Gasteiger partial charge in [-0.1, -0.05) is 6.07 Å². The van der Waals surface area contributed by atoms with Crippen LogP contribution in [0.15, 0.2) is 12.1 Å². The molecule has 0 aromatic heterocycles. The van der Waals surface area contributed by atoms with Crippen LogP contribution in [0.2, 0.25) is 0 Å². The third-order valence-electron chi connectivity index (χ3n) is 1.72. The molecular weight excluding hydrogens is 180 g/mol. The van der Waals surface area contributed by atoms with Crippen molar-refractivity contribution in [2.75, 3.05) is 0 Å². The van der Waals surface area contributed by atoms with Gasteiger partial charge in [0.05, 0.1) is 5.56 Å². The molecule has 0 unspecified atom stereocenters. The highest BCUT2D eigenvalue weighted by atomic mass is 19.2. The lowest BCUT2D eigenvalue weighted by Gasteiger charge is -2.02. The minimum atomic E-state index is -1.13. The molecule has 0 N–H and O–H groups in total. The quantitative estimate of drug-likeness (QED) is 0.525. The molecule has 0 aliphatic carbocycles. The Hall–Kier alpha value is -1.52. The standard InChI is InChI=1S/C8H7F2NO2/c1-5-2-3-7(9)8(10)6(5)4-11(12)13/h2-3H,4H2,1H3. The molecule has 0 spiro atoms. The first-order valence-corrected chi connectivity index (χ1v) is 3.57. The number of hydrogen-bond donors (Lipinski definition) is 0. The van der Waals surface area contributed by atoms with Gasteiger partial charge in [-0.2, -0.15) is 0 Å². The van der Waals surface area contributed by atoms with Gasteiger partial charge in [0.1, 0.15) is 0 Å². The molecule has 5 heteroatoms. The molecule has 1 aromatic carbocycles. The molecular formula is C8H7F2NO2. The van der Waals surface area contributed by atoms with E-state index in [4.69, 9.17) is 0 Å². The van der Waals surface area contributed by atoms with Crippen molar-refractivity contribution >= 4 is 0 Å². The molecule has 0 fully saturated rings. The maximum Gasteiger partial charge on any atom is 0.232 e. The summed E-state index contributed by atoms with van der Waals surface area (Å²) in [6.45, 7) is 0.816. The van der Waals surface area contributed by atoms with Crippen LogP contribution in [-0.2, 0) is 6.54 Å². The first-order valence-electron chi connectivity index (χ1n) is 3.57. The molecule has 0 amide bonds. The number of rotatable bonds is 2. The SMILES string of the molecule is Cc1ccc(F)c(F)c1C[N+](=O)[O-]. The minimum Gasteiger partial charge on any atom is -0.264 e. The fourth-order valence-electron chi connectivity index (χ4n) is 1.01. The fraction of sp³-hybridized carbons (Fsp3) is 0.250.